The van der Waals surface area contributed by atoms with Gasteiger partial charge in [0.25, 0.3) is 5.56 Å². The highest BCUT2D eigenvalue weighted by Crippen LogP contribution is 2.16. The van der Waals surface area contributed by atoms with Gasteiger partial charge in [-0.1, -0.05) is 0 Å². The molecule has 0 unspecified atom stereocenters. The lowest BCUT2D eigenvalue weighted by Gasteiger charge is -2.15. The van der Waals surface area contributed by atoms with Crippen LogP contribution in [0.15, 0.2) is 42.0 Å². The fourth-order valence-electron chi connectivity index (χ4n) is 2.24. The van der Waals surface area contributed by atoms with Crippen molar-refractivity contribution >= 4 is 10.9 Å². The number of hydrogen-bond acceptors (Lipinski definition) is 5. The van der Waals surface area contributed by atoms with E-state index in [1.165, 1.54) is 6.33 Å². The van der Waals surface area contributed by atoms with Crippen LogP contribution in [0.2, 0.25) is 0 Å². The molecule has 0 saturated carbocycles. The lowest BCUT2D eigenvalue weighted by molar-refractivity contribution is 0.414. The van der Waals surface area contributed by atoms with Crippen molar-refractivity contribution in [2.45, 2.75) is 19.5 Å². The second kappa shape index (κ2) is 5.35. The van der Waals surface area contributed by atoms with Crippen LogP contribution in [0.1, 0.15) is 13.0 Å². The van der Waals surface area contributed by atoms with E-state index in [-0.39, 0.29) is 11.6 Å². The average Bonchev–Trinajstić information content (AvgIpc) is 3.00. The summed E-state index contributed by atoms with van der Waals surface area (Å²) in [6, 6.07) is 5.20. The maximum absolute atomic E-state index is 12.6. The van der Waals surface area contributed by atoms with Gasteiger partial charge in [0, 0.05) is 0 Å². The van der Waals surface area contributed by atoms with Crippen molar-refractivity contribution in [3.05, 3.63) is 47.5 Å². The average molecular weight is 285 g/mol. The molecule has 1 aromatic carbocycles. The Kier molecular flexibility index (Phi) is 3.39. The number of methoxy groups -OCH3 is 1. The van der Waals surface area contributed by atoms with Gasteiger partial charge in [-0.2, -0.15) is 5.10 Å². The maximum Gasteiger partial charge on any atom is 0.261 e. The number of benzene rings is 1. The number of fused-ring (bicyclic) bond motifs is 1. The van der Waals surface area contributed by atoms with Gasteiger partial charge in [0.1, 0.15) is 18.4 Å². The fraction of sp³-hybridized carbons (Fsp3) is 0.286. The molecule has 0 fully saturated rings. The van der Waals surface area contributed by atoms with Gasteiger partial charge in [-0.15, -0.1) is 0 Å². The number of rotatable bonds is 4. The Morgan fingerprint density at radius 2 is 2.19 bits per heavy atom. The fourth-order valence-corrected chi connectivity index (χ4v) is 2.24. The van der Waals surface area contributed by atoms with Crippen molar-refractivity contribution in [3.63, 3.8) is 0 Å². The maximum atomic E-state index is 12.6. The van der Waals surface area contributed by atoms with E-state index in [4.69, 9.17) is 4.74 Å². The summed E-state index contributed by atoms with van der Waals surface area (Å²) in [4.78, 5) is 20.8. The van der Waals surface area contributed by atoms with E-state index >= 15 is 0 Å². The molecule has 0 aliphatic carbocycles. The zero-order chi connectivity index (χ0) is 14.8. The predicted molar refractivity (Wildman–Crippen MR) is 77.3 cm³/mol. The van der Waals surface area contributed by atoms with Gasteiger partial charge in [0.15, 0.2) is 0 Å². The van der Waals surface area contributed by atoms with Crippen molar-refractivity contribution in [3.8, 4) is 5.75 Å². The zero-order valence-corrected chi connectivity index (χ0v) is 11.8. The molecule has 0 aliphatic rings. The Labute approximate surface area is 120 Å². The zero-order valence-electron chi connectivity index (χ0n) is 11.8. The lowest BCUT2D eigenvalue weighted by atomic mass is 10.2. The highest BCUT2D eigenvalue weighted by Gasteiger charge is 2.11. The minimum atomic E-state index is -0.0912. The molecule has 2 heterocycles. The van der Waals surface area contributed by atoms with Crippen LogP contribution >= 0.6 is 0 Å². The second-order valence-corrected chi connectivity index (χ2v) is 4.81. The van der Waals surface area contributed by atoms with Gasteiger partial charge in [0.05, 0.1) is 36.9 Å². The van der Waals surface area contributed by atoms with Crippen molar-refractivity contribution in [1.82, 2.24) is 24.3 Å². The van der Waals surface area contributed by atoms with E-state index in [1.807, 2.05) is 6.92 Å². The van der Waals surface area contributed by atoms with Crippen LogP contribution in [0.3, 0.4) is 0 Å². The monoisotopic (exact) mass is 285 g/mol. The molecule has 0 radical (unpaired) electrons. The van der Waals surface area contributed by atoms with Crippen molar-refractivity contribution in [2.75, 3.05) is 7.11 Å². The number of ether oxygens (including phenoxy) is 1. The van der Waals surface area contributed by atoms with E-state index in [9.17, 15) is 4.79 Å². The van der Waals surface area contributed by atoms with Crippen LogP contribution in [-0.4, -0.2) is 31.4 Å². The molecule has 0 bridgehead atoms. The standard InChI is InChI=1S/C14H15N5O2/c1-10(6-18-8-15-7-17-18)19-9-16-13-4-3-11(21-2)5-12(13)14(19)20/h3-5,7-10H,6H2,1-2H3/t10-/m0/s1. The van der Waals surface area contributed by atoms with Crippen molar-refractivity contribution in [2.24, 2.45) is 0 Å². The molecule has 0 N–H and O–H groups in total. The summed E-state index contributed by atoms with van der Waals surface area (Å²) in [5.41, 5.74) is 0.566. The summed E-state index contributed by atoms with van der Waals surface area (Å²) < 4.78 is 8.45. The third-order valence-corrected chi connectivity index (χ3v) is 3.38. The Bertz CT molecular complexity index is 810. The molecule has 7 heteroatoms. The number of aromatic nitrogens is 5. The van der Waals surface area contributed by atoms with Gasteiger partial charge in [0.2, 0.25) is 0 Å². The minimum absolute atomic E-state index is 0.0812. The quantitative estimate of drug-likeness (QED) is 0.721. The van der Waals surface area contributed by atoms with E-state index in [0.29, 0.717) is 23.2 Å². The first-order valence-corrected chi connectivity index (χ1v) is 6.56. The van der Waals surface area contributed by atoms with E-state index in [2.05, 4.69) is 15.1 Å². The lowest BCUT2D eigenvalue weighted by Crippen LogP contribution is -2.26. The smallest absolute Gasteiger partial charge is 0.261 e. The van der Waals surface area contributed by atoms with Crippen LogP contribution in [0.5, 0.6) is 5.75 Å². The summed E-state index contributed by atoms with van der Waals surface area (Å²) in [5.74, 6) is 0.642. The Morgan fingerprint density at radius 3 is 2.90 bits per heavy atom. The Hall–Kier alpha value is -2.70. The van der Waals surface area contributed by atoms with Crippen LogP contribution < -0.4 is 10.3 Å². The van der Waals surface area contributed by atoms with Gasteiger partial charge >= 0.3 is 0 Å². The summed E-state index contributed by atoms with van der Waals surface area (Å²) in [6.07, 6.45) is 4.66. The second-order valence-electron chi connectivity index (χ2n) is 4.81. The molecule has 3 aromatic rings. The van der Waals surface area contributed by atoms with E-state index in [1.54, 1.807) is 47.2 Å². The topological polar surface area (TPSA) is 74.8 Å². The number of hydrogen-bond donors (Lipinski definition) is 0. The highest BCUT2D eigenvalue weighted by atomic mass is 16.5. The predicted octanol–water partition coefficient (Wildman–Crippen LogP) is 1.26. The van der Waals surface area contributed by atoms with Crippen LogP contribution in [0.4, 0.5) is 0 Å². The normalized spacial score (nSPS) is 12.5. The minimum Gasteiger partial charge on any atom is -0.497 e. The largest absolute Gasteiger partial charge is 0.497 e. The Morgan fingerprint density at radius 1 is 1.33 bits per heavy atom. The van der Waals surface area contributed by atoms with E-state index < -0.39 is 0 Å². The van der Waals surface area contributed by atoms with Gasteiger partial charge in [-0.3, -0.25) is 14.0 Å². The third-order valence-electron chi connectivity index (χ3n) is 3.38. The first kappa shape index (κ1) is 13.3. The molecule has 7 nitrogen and oxygen atoms in total. The molecule has 0 spiro atoms. The molecule has 2 aromatic heterocycles. The molecule has 0 aliphatic heterocycles. The number of nitrogens with zero attached hydrogens (tertiary/aromatic N) is 5. The van der Waals surface area contributed by atoms with Crippen LogP contribution in [-0.2, 0) is 6.54 Å². The first-order chi connectivity index (χ1) is 10.2. The van der Waals surface area contributed by atoms with Crippen LogP contribution in [0.25, 0.3) is 10.9 Å². The molecule has 1 atom stereocenters. The summed E-state index contributed by atoms with van der Waals surface area (Å²) in [6.45, 7) is 2.49. The molecule has 0 saturated heterocycles. The third kappa shape index (κ3) is 2.49. The van der Waals surface area contributed by atoms with Crippen molar-refractivity contribution in [1.29, 1.82) is 0 Å². The highest BCUT2D eigenvalue weighted by molar-refractivity contribution is 5.78. The summed E-state index contributed by atoms with van der Waals surface area (Å²) >= 11 is 0. The van der Waals surface area contributed by atoms with Crippen molar-refractivity contribution < 1.29 is 4.74 Å². The molecule has 108 valence electrons. The first-order valence-electron chi connectivity index (χ1n) is 6.56. The summed E-state index contributed by atoms with van der Waals surface area (Å²) in [5, 5.41) is 4.59. The van der Waals surface area contributed by atoms with Gasteiger partial charge in [-0.25, -0.2) is 9.97 Å². The van der Waals surface area contributed by atoms with Gasteiger partial charge < -0.3 is 4.74 Å². The van der Waals surface area contributed by atoms with Gasteiger partial charge in [-0.05, 0) is 25.1 Å². The van der Waals surface area contributed by atoms with Crippen LogP contribution in [0, 0.1) is 0 Å². The molecule has 3 rings (SSSR count). The van der Waals surface area contributed by atoms with E-state index in [0.717, 1.165) is 0 Å². The molecular weight excluding hydrogens is 270 g/mol. The Balaban J connectivity index is 2.02. The SMILES string of the molecule is COc1ccc2ncn([C@@H](C)Cn3cncn3)c(=O)c2c1. The summed E-state index contributed by atoms with van der Waals surface area (Å²) in [7, 11) is 1.57. The molecule has 21 heavy (non-hydrogen) atoms. The molecule has 0 amide bonds. The molecular formula is C14H15N5O2.